The highest BCUT2D eigenvalue weighted by Gasteiger charge is 2.20. The van der Waals surface area contributed by atoms with Crippen molar-refractivity contribution in [2.24, 2.45) is 0 Å². The molecule has 0 spiro atoms. The van der Waals surface area contributed by atoms with Crippen molar-refractivity contribution < 1.29 is 4.79 Å². The minimum Gasteiger partial charge on any atom is -0.366 e. The van der Waals surface area contributed by atoms with Crippen LogP contribution in [0.4, 0.5) is 23.1 Å². The maximum Gasteiger partial charge on any atom is 0.229 e. The van der Waals surface area contributed by atoms with Crippen molar-refractivity contribution in [3.05, 3.63) is 72.1 Å². The summed E-state index contributed by atoms with van der Waals surface area (Å²) in [5.74, 6) is 1.21. The van der Waals surface area contributed by atoms with E-state index in [4.69, 9.17) is 0 Å². The molecule has 1 amide bonds. The summed E-state index contributed by atoms with van der Waals surface area (Å²) in [6.07, 6.45) is 4.00. The molecule has 4 aromatic rings. The number of nitrogens with one attached hydrogen (secondary N) is 4. The van der Waals surface area contributed by atoms with Crippen molar-refractivity contribution in [2.45, 2.75) is 13.0 Å². The third-order valence-electron chi connectivity index (χ3n) is 4.78. The Labute approximate surface area is 161 Å². The predicted molar refractivity (Wildman–Crippen MR) is 110 cm³/mol. The molecule has 0 radical (unpaired) electrons. The molecule has 0 saturated carbocycles. The van der Waals surface area contributed by atoms with Gasteiger partial charge in [0.1, 0.15) is 5.82 Å². The van der Waals surface area contributed by atoms with Gasteiger partial charge in [-0.15, -0.1) is 0 Å². The van der Waals surface area contributed by atoms with Gasteiger partial charge in [-0.05, 0) is 41.3 Å². The summed E-state index contributed by atoms with van der Waals surface area (Å²) in [6, 6.07) is 15.9. The Morgan fingerprint density at radius 3 is 3.04 bits per heavy atom. The molecule has 7 nitrogen and oxygen atoms in total. The van der Waals surface area contributed by atoms with Gasteiger partial charge in [-0.1, -0.05) is 18.2 Å². The van der Waals surface area contributed by atoms with E-state index in [9.17, 15) is 4.79 Å². The van der Waals surface area contributed by atoms with Crippen LogP contribution < -0.4 is 16.0 Å². The molecule has 0 bridgehead atoms. The van der Waals surface area contributed by atoms with Crippen molar-refractivity contribution in [3.8, 4) is 0 Å². The second kappa shape index (κ2) is 6.70. The molecule has 0 fully saturated rings. The zero-order valence-electron chi connectivity index (χ0n) is 15.0. The topological polar surface area (TPSA) is 94.7 Å². The van der Waals surface area contributed by atoms with E-state index >= 15 is 0 Å². The average molecular weight is 370 g/mol. The highest BCUT2D eigenvalue weighted by Crippen LogP contribution is 2.31. The molecule has 3 heterocycles. The monoisotopic (exact) mass is 370 g/mol. The van der Waals surface area contributed by atoms with Gasteiger partial charge in [0.05, 0.1) is 6.42 Å². The Kier molecular flexibility index (Phi) is 3.90. The van der Waals surface area contributed by atoms with E-state index in [1.807, 2.05) is 30.5 Å². The Bertz CT molecular complexity index is 1180. The number of fused-ring (bicyclic) bond motifs is 2. The van der Waals surface area contributed by atoms with Crippen LogP contribution in [0.3, 0.4) is 0 Å². The molecular formula is C21H18N6O. The number of carbonyl (C=O) groups excluding carboxylic acids is 1. The molecule has 7 heteroatoms. The fourth-order valence-electron chi connectivity index (χ4n) is 3.40. The number of H-pyrrole nitrogens is 1. The first kappa shape index (κ1) is 16.3. The largest absolute Gasteiger partial charge is 0.366 e. The summed E-state index contributed by atoms with van der Waals surface area (Å²) in [5.41, 5.74) is 4.89. The molecule has 5 rings (SSSR count). The number of aromatic amines is 1. The van der Waals surface area contributed by atoms with Crippen LogP contribution in [-0.4, -0.2) is 20.9 Å². The third kappa shape index (κ3) is 3.14. The molecule has 0 unspecified atom stereocenters. The maximum absolute atomic E-state index is 11.7. The van der Waals surface area contributed by atoms with E-state index < -0.39 is 0 Å². The lowest BCUT2D eigenvalue weighted by Gasteiger charge is -2.11. The molecule has 2 aromatic carbocycles. The van der Waals surface area contributed by atoms with E-state index in [1.165, 1.54) is 5.39 Å². The molecule has 1 aliphatic rings. The van der Waals surface area contributed by atoms with Gasteiger partial charge in [-0.25, -0.2) is 4.98 Å². The summed E-state index contributed by atoms with van der Waals surface area (Å²) in [6.45, 7) is 0.657. The Hall–Kier alpha value is -3.87. The van der Waals surface area contributed by atoms with E-state index in [1.54, 1.807) is 6.20 Å². The third-order valence-corrected chi connectivity index (χ3v) is 4.78. The van der Waals surface area contributed by atoms with Crippen molar-refractivity contribution in [2.75, 3.05) is 16.0 Å². The summed E-state index contributed by atoms with van der Waals surface area (Å²) < 4.78 is 0. The molecular weight excluding hydrogens is 352 g/mol. The number of hydrogen-bond acceptors (Lipinski definition) is 5. The molecule has 0 aliphatic carbocycles. The average Bonchev–Trinajstić information content (AvgIpc) is 3.32. The zero-order chi connectivity index (χ0) is 18.9. The second-order valence-electron chi connectivity index (χ2n) is 6.70. The van der Waals surface area contributed by atoms with Crippen LogP contribution in [0.1, 0.15) is 11.1 Å². The molecule has 0 saturated heterocycles. The quantitative estimate of drug-likeness (QED) is 0.429. The van der Waals surface area contributed by atoms with Crippen molar-refractivity contribution in [1.82, 2.24) is 15.0 Å². The van der Waals surface area contributed by atoms with E-state index in [0.717, 1.165) is 33.8 Å². The van der Waals surface area contributed by atoms with Gasteiger partial charge in [0, 0.05) is 41.4 Å². The fourth-order valence-corrected chi connectivity index (χ4v) is 3.40. The number of hydrogen-bond donors (Lipinski definition) is 4. The molecule has 0 atom stereocenters. The number of rotatable bonds is 5. The number of benzene rings is 2. The Balaban J connectivity index is 1.31. The first-order valence-electron chi connectivity index (χ1n) is 9.06. The SMILES string of the molecule is O=C1Cc2c(cccc2Nc2nccc(NCc3ccc4cc[nH]c4c3)n2)N1. The number of anilines is 4. The predicted octanol–water partition coefficient (Wildman–Crippen LogP) is 3.81. The van der Waals surface area contributed by atoms with Crippen LogP contribution in [0, 0.1) is 0 Å². The van der Waals surface area contributed by atoms with Crippen LogP contribution >= 0.6 is 0 Å². The lowest BCUT2D eigenvalue weighted by molar-refractivity contribution is -0.115. The second-order valence-corrected chi connectivity index (χ2v) is 6.70. The standard InChI is InChI=1S/C21H18N6O/c28-20-11-15-16(25-20)2-1-3-17(15)26-21-23-9-7-19(27-21)24-12-13-4-5-14-6-8-22-18(14)10-13/h1-10,22H,11-12H2,(H,25,28)(H2,23,24,26,27). The zero-order valence-corrected chi connectivity index (χ0v) is 15.0. The van der Waals surface area contributed by atoms with Crippen LogP contribution in [0.2, 0.25) is 0 Å². The van der Waals surface area contributed by atoms with Gasteiger partial charge < -0.3 is 20.9 Å². The minimum atomic E-state index is -0.000350. The molecule has 4 N–H and O–H groups in total. The summed E-state index contributed by atoms with van der Waals surface area (Å²) in [7, 11) is 0. The van der Waals surface area contributed by atoms with Gasteiger partial charge in [-0.3, -0.25) is 4.79 Å². The van der Waals surface area contributed by atoms with Gasteiger partial charge in [-0.2, -0.15) is 4.98 Å². The number of amides is 1. The van der Waals surface area contributed by atoms with Crippen LogP contribution in [0.25, 0.3) is 10.9 Å². The summed E-state index contributed by atoms with van der Waals surface area (Å²) in [4.78, 5) is 23.7. The first-order chi connectivity index (χ1) is 13.7. The lowest BCUT2D eigenvalue weighted by atomic mass is 10.1. The molecule has 28 heavy (non-hydrogen) atoms. The number of carbonyl (C=O) groups is 1. The summed E-state index contributed by atoms with van der Waals surface area (Å²) >= 11 is 0. The highest BCUT2D eigenvalue weighted by atomic mass is 16.1. The first-order valence-corrected chi connectivity index (χ1v) is 9.06. The van der Waals surface area contributed by atoms with E-state index in [0.29, 0.717) is 18.9 Å². The van der Waals surface area contributed by atoms with Crippen molar-refractivity contribution >= 4 is 40.0 Å². The van der Waals surface area contributed by atoms with Crippen LogP contribution in [0.5, 0.6) is 0 Å². The normalized spacial score (nSPS) is 12.6. The van der Waals surface area contributed by atoms with Crippen LogP contribution in [-0.2, 0) is 17.8 Å². The van der Waals surface area contributed by atoms with Gasteiger partial charge in [0.15, 0.2) is 0 Å². The van der Waals surface area contributed by atoms with E-state index in [2.05, 4.69) is 55.2 Å². The van der Waals surface area contributed by atoms with Crippen molar-refractivity contribution in [3.63, 3.8) is 0 Å². The van der Waals surface area contributed by atoms with Gasteiger partial charge in [0.2, 0.25) is 11.9 Å². The Morgan fingerprint density at radius 2 is 2.07 bits per heavy atom. The Morgan fingerprint density at radius 1 is 1.11 bits per heavy atom. The minimum absolute atomic E-state index is 0.000350. The molecule has 2 aromatic heterocycles. The van der Waals surface area contributed by atoms with Gasteiger partial charge in [0.25, 0.3) is 0 Å². The smallest absolute Gasteiger partial charge is 0.229 e. The maximum atomic E-state index is 11.7. The fraction of sp³-hybridized carbons (Fsp3) is 0.0952. The van der Waals surface area contributed by atoms with Crippen molar-refractivity contribution in [1.29, 1.82) is 0 Å². The number of nitrogens with zero attached hydrogens (tertiary/aromatic N) is 2. The summed E-state index contributed by atoms with van der Waals surface area (Å²) in [5, 5.41) is 10.6. The van der Waals surface area contributed by atoms with E-state index in [-0.39, 0.29) is 5.91 Å². The number of aromatic nitrogens is 3. The van der Waals surface area contributed by atoms with Gasteiger partial charge >= 0.3 is 0 Å². The highest BCUT2D eigenvalue weighted by molar-refractivity contribution is 6.01. The lowest BCUT2D eigenvalue weighted by Crippen LogP contribution is -2.05. The van der Waals surface area contributed by atoms with Crippen LogP contribution in [0.15, 0.2) is 60.9 Å². The molecule has 1 aliphatic heterocycles. The molecule has 138 valence electrons.